The number of guanidine groups is 1. The molecule has 0 fully saturated rings. The minimum atomic E-state index is 0. The van der Waals surface area contributed by atoms with Crippen molar-refractivity contribution in [2.75, 3.05) is 19.0 Å². The van der Waals surface area contributed by atoms with E-state index in [1.165, 1.54) is 5.56 Å². The van der Waals surface area contributed by atoms with Crippen LogP contribution in [0.4, 0.5) is 5.69 Å². The SMILES string of the molecule is COc1ccc(NC(N)=NCCCc2cnn(C)c2)cc1Cl.I. The van der Waals surface area contributed by atoms with Gasteiger partial charge in [0.2, 0.25) is 0 Å². The van der Waals surface area contributed by atoms with E-state index >= 15 is 0 Å². The summed E-state index contributed by atoms with van der Waals surface area (Å²) in [5.41, 5.74) is 7.84. The van der Waals surface area contributed by atoms with Crippen molar-refractivity contribution in [2.45, 2.75) is 12.8 Å². The molecule has 0 aliphatic heterocycles. The zero-order valence-corrected chi connectivity index (χ0v) is 16.2. The molecule has 3 N–H and O–H groups in total. The Balaban J connectivity index is 0.00000264. The average molecular weight is 450 g/mol. The lowest BCUT2D eigenvalue weighted by Crippen LogP contribution is -2.22. The molecule has 0 aliphatic carbocycles. The van der Waals surface area contributed by atoms with Gasteiger partial charge in [-0.15, -0.1) is 24.0 Å². The molecule has 23 heavy (non-hydrogen) atoms. The molecule has 126 valence electrons. The van der Waals surface area contributed by atoms with Crippen molar-refractivity contribution in [3.05, 3.63) is 41.2 Å². The van der Waals surface area contributed by atoms with Crippen LogP contribution in [0.5, 0.6) is 5.75 Å². The highest BCUT2D eigenvalue weighted by molar-refractivity contribution is 14.0. The fourth-order valence-corrected chi connectivity index (χ4v) is 2.27. The molecular weight excluding hydrogens is 429 g/mol. The Morgan fingerprint density at radius 1 is 1.48 bits per heavy atom. The second-order valence-corrected chi connectivity index (χ2v) is 5.27. The van der Waals surface area contributed by atoms with Crippen LogP contribution in [0.25, 0.3) is 0 Å². The molecule has 0 unspecified atom stereocenters. The number of halogens is 2. The number of nitrogens with zero attached hydrogens (tertiary/aromatic N) is 3. The summed E-state index contributed by atoms with van der Waals surface area (Å²) >= 11 is 6.06. The highest BCUT2D eigenvalue weighted by atomic mass is 127. The van der Waals surface area contributed by atoms with Gasteiger partial charge < -0.3 is 15.8 Å². The highest BCUT2D eigenvalue weighted by Crippen LogP contribution is 2.26. The first-order valence-electron chi connectivity index (χ1n) is 6.96. The van der Waals surface area contributed by atoms with Crippen molar-refractivity contribution >= 4 is 47.2 Å². The van der Waals surface area contributed by atoms with Crippen LogP contribution < -0.4 is 15.8 Å². The van der Waals surface area contributed by atoms with Gasteiger partial charge in [-0.05, 0) is 36.6 Å². The number of hydrogen-bond acceptors (Lipinski definition) is 3. The fraction of sp³-hybridized carbons (Fsp3) is 0.333. The minimum Gasteiger partial charge on any atom is -0.495 e. The lowest BCUT2D eigenvalue weighted by molar-refractivity contribution is 0.415. The van der Waals surface area contributed by atoms with Crippen molar-refractivity contribution in [3.63, 3.8) is 0 Å². The van der Waals surface area contributed by atoms with Crippen LogP contribution in [0.15, 0.2) is 35.6 Å². The number of aryl methyl sites for hydroxylation is 2. The van der Waals surface area contributed by atoms with Gasteiger partial charge in [-0.1, -0.05) is 11.6 Å². The summed E-state index contributed by atoms with van der Waals surface area (Å²) < 4.78 is 6.89. The molecule has 0 saturated heterocycles. The molecule has 2 rings (SSSR count). The van der Waals surface area contributed by atoms with Gasteiger partial charge in [0.15, 0.2) is 5.96 Å². The summed E-state index contributed by atoms with van der Waals surface area (Å²) in [5.74, 6) is 0.992. The van der Waals surface area contributed by atoms with E-state index in [2.05, 4.69) is 15.4 Å². The Bertz CT molecular complexity index is 659. The second kappa shape index (κ2) is 9.61. The van der Waals surface area contributed by atoms with Crippen molar-refractivity contribution in [1.82, 2.24) is 9.78 Å². The van der Waals surface area contributed by atoms with E-state index in [-0.39, 0.29) is 24.0 Å². The van der Waals surface area contributed by atoms with Crippen molar-refractivity contribution in [1.29, 1.82) is 0 Å². The van der Waals surface area contributed by atoms with Crippen LogP contribution in [-0.4, -0.2) is 29.4 Å². The van der Waals surface area contributed by atoms with Gasteiger partial charge in [-0.2, -0.15) is 5.10 Å². The number of nitrogens with two attached hydrogens (primary N) is 1. The van der Waals surface area contributed by atoms with Gasteiger partial charge in [-0.25, -0.2) is 0 Å². The molecule has 1 aromatic heterocycles. The molecule has 2 aromatic rings. The number of rotatable bonds is 6. The molecule has 0 radical (unpaired) electrons. The lowest BCUT2D eigenvalue weighted by atomic mass is 10.2. The van der Waals surface area contributed by atoms with Gasteiger partial charge in [0.1, 0.15) is 5.75 Å². The molecule has 0 aliphatic rings. The minimum absolute atomic E-state index is 0. The average Bonchev–Trinajstić information content (AvgIpc) is 2.89. The summed E-state index contributed by atoms with van der Waals surface area (Å²) in [7, 11) is 3.48. The molecule has 1 aromatic carbocycles. The third kappa shape index (κ3) is 6.26. The summed E-state index contributed by atoms with van der Waals surface area (Å²) in [6.07, 6.45) is 5.71. The van der Waals surface area contributed by atoms with Crippen LogP contribution in [-0.2, 0) is 13.5 Å². The molecular formula is C15H21ClIN5O. The highest BCUT2D eigenvalue weighted by Gasteiger charge is 2.02. The quantitative estimate of drug-likeness (QED) is 0.307. The first kappa shape index (κ1) is 19.6. The monoisotopic (exact) mass is 449 g/mol. The third-order valence-corrected chi connectivity index (χ3v) is 3.38. The number of aliphatic imine (C=N–C) groups is 1. The van der Waals surface area contributed by atoms with Gasteiger partial charge in [0.05, 0.1) is 18.3 Å². The van der Waals surface area contributed by atoms with Crippen LogP contribution in [0, 0.1) is 0 Å². The van der Waals surface area contributed by atoms with Gasteiger partial charge in [0, 0.05) is 25.5 Å². The maximum absolute atomic E-state index is 6.06. The topological polar surface area (TPSA) is 77.5 Å². The molecule has 0 bridgehead atoms. The van der Waals surface area contributed by atoms with Crippen molar-refractivity contribution in [3.8, 4) is 5.75 Å². The Labute approximate surface area is 158 Å². The lowest BCUT2D eigenvalue weighted by Gasteiger charge is -2.08. The van der Waals surface area contributed by atoms with Gasteiger partial charge in [-0.3, -0.25) is 9.67 Å². The van der Waals surface area contributed by atoms with E-state index in [4.69, 9.17) is 22.1 Å². The van der Waals surface area contributed by atoms with E-state index in [0.29, 0.717) is 23.3 Å². The van der Waals surface area contributed by atoms with Gasteiger partial charge in [0.25, 0.3) is 0 Å². The number of ether oxygens (including phenoxy) is 1. The normalized spacial score (nSPS) is 11.0. The summed E-state index contributed by atoms with van der Waals surface area (Å²) in [6.45, 7) is 0.650. The van der Waals surface area contributed by atoms with E-state index < -0.39 is 0 Å². The largest absolute Gasteiger partial charge is 0.495 e. The Morgan fingerprint density at radius 3 is 2.87 bits per heavy atom. The summed E-state index contributed by atoms with van der Waals surface area (Å²) in [4.78, 5) is 4.30. The molecule has 0 atom stereocenters. The second-order valence-electron chi connectivity index (χ2n) is 4.87. The first-order valence-corrected chi connectivity index (χ1v) is 7.34. The standard InChI is InChI=1S/C15H20ClN5O.HI/c1-21-10-11(9-19-21)4-3-7-18-15(17)20-12-5-6-14(22-2)13(16)8-12;/h5-6,8-10H,3-4,7H2,1-2H3,(H3,17,18,20);1H. The van der Waals surface area contributed by atoms with Crippen molar-refractivity contribution in [2.24, 2.45) is 17.8 Å². The first-order chi connectivity index (χ1) is 10.6. The number of aromatic nitrogens is 2. The van der Waals surface area contributed by atoms with E-state index in [1.54, 1.807) is 23.9 Å². The molecule has 6 nitrogen and oxygen atoms in total. The molecule has 0 spiro atoms. The van der Waals surface area contributed by atoms with E-state index in [0.717, 1.165) is 18.5 Å². The summed E-state index contributed by atoms with van der Waals surface area (Å²) in [5, 5.41) is 7.66. The van der Waals surface area contributed by atoms with E-state index in [9.17, 15) is 0 Å². The Morgan fingerprint density at radius 2 is 2.26 bits per heavy atom. The van der Waals surface area contributed by atoms with Crippen LogP contribution in [0.2, 0.25) is 5.02 Å². The Kier molecular flexibility index (Phi) is 8.18. The smallest absolute Gasteiger partial charge is 0.193 e. The zero-order valence-electron chi connectivity index (χ0n) is 13.1. The maximum atomic E-state index is 6.06. The predicted octanol–water partition coefficient (Wildman–Crippen LogP) is 3.06. The fourth-order valence-electron chi connectivity index (χ4n) is 2.02. The molecule has 1 heterocycles. The predicted molar refractivity (Wildman–Crippen MR) is 105 cm³/mol. The number of hydrogen-bond donors (Lipinski definition) is 2. The van der Waals surface area contributed by atoms with Crippen LogP contribution in [0.3, 0.4) is 0 Å². The van der Waals surface area contributed by atoms with Crippen LogP contribution in [0.1, 0.15) is 12.0 Å². The molecule has 0 amide bonds. The molecule has 0 saturated carbocycles. The number of benzene rings is 1. The summed E-state index contributed by atoms with van der Waals surface area (Å²) in [6, 6.07) is 5.36. The Hall–Kier alpha value is -1.48. The van der Waals surface area contributed by atoms with Crippen molar-refractivity contribution < 1.29 is 4.74 Å². The number of methoxy groups -OCH3 is 1. The molecule has 8 heteroatoms. The van der Waals surface area contributed by atoms with E-state index in [1.807, 2.05) is 25.5 Å². The van der Waals surface area contributed by atoms with Crippen LogP contribution >= 0.6 is 35.6 Å². The maximum Gasteiger partial charge on any atom is 0.193 e. The zero-order chi connectivity index (χ0) is 15.9. The third-order valence-electron chi connectivity index (χ3n) is 3.09. The number of anilines is 1. The van der Waals surface area contributed by atoms with Gasteiger partial charge >= 0.3 is 0 Å². The number of nitrogens with one attached hydrogen (secondary N) is 1.